The largest absolute Gasteiger partial charge is 0.481 e. The van der Waals surface area contributed by atoms with Crippen LogP contribution in [0.4, 0.5) is 0 Å². The van der Waals surface area contributed by atoms with Gasteiger partial charge in [0.2, 0.25) is 5.91 Å². The van der Waals surface area contributed by atoms with Gasteiger partial charge in [-0.3, -0.25) is 9.59 Å². The molecule has 1 saturated heterocycles. The fourth-order valence-electron chi connectivity index (χ4n) is 5.60. The van der Waals surface area contributed by atoms with Gasteiger partial charge in [-0.1, -0.05) is 0 Å². The number of nitrogens with one attached hydrogen (secondary N) is 1. The number of carbonyl (C=O) groups excluding carboxylic acids is 1. The van der Waals surface area contributed by atoms with Gasteiger partial charge in [-0.15, -0.1) is 0 Å². The Bertz CT molecular complexity index is 513. The lowest BCUT2D eigenvalue weighted by atomic mass is 9.53. The minimum absolute atomic E-state index is 0.183. The van der Waals surface area contributed by atoms with E-state index >= 15 is 0 Å². The summed E-state index contributed by atoms with van der Waals surface area (Å²) in [6.45, 7) is 2.96. The molecule has 5 heteroatoms. The summed E-state index contributed by atoms with van der Waals surface area (Å²) in [5, 5.41) is 12.7. The van der Waals surface area contributed by atoms with Gasteiger partial charge in [0, 0.05) is 16.9 Å². The predicted octanol–water partition coefficient (Wildman–Crippen LogP) is 2.49. The number of carbonyl (C=O) groups is 2. The van der Waals surface area contributed by atoms with Crippen molar-refractivity contribution in [2.45, 2.75) is 76.9 Å². The van der Waals surface area contributed by atoms with Crippen LogP contribution in [0.3, 0.4) is 0 Å². The first-order valence-electron chi connectivity index (χ1n) is 9.03. The summed E-state index contributed by atoms with van der Waals surface area (Å²) in [4.78, 5) is 24.3. The monoisotopic (exact) mass is 321 g/mol. The molecule has 2 bridgehead atoms. The summed E-state index contributed by atoms with van der Waals surface area (Å²) in [6, 6.07) is 0.291. The second kappa shape index (κ2) is 4.95. The third-order valence-corrected chi connectivity index (χ3v) is 7.27. The molecular formula is C18H27NO4. The van der Waals surface area contributed by atoms with Crippen molar-refractivity contribution in [2.24, 2.45) is 16.2 Å². The van der Waals surface area contributed by atoms with E-state index in [1.54, 1.807) is 0 Å². The van der Waals surface area contributed by atoms with Crippen LogP contribution in [-0.2, 0) is 14.3 Å². The van der Waals surface area contributed by atoms with Crippen LogP contribution in [0.25, 0.3) is 0 Å². The van der Waals surface area contributed by atoms with Crippen molar-refractivity contribution in [3.8, 4) is 0 Å². The standard InChI is InChI=1S/C18H27NO4/c1-12-8-16(11-23-12)9-13(10-16)19-14(20)17-2-5-18(6-3-17,7-4-17)15(21)22/h12-13H,2-11H2,1H3,(H,19,20)(H,21,22). The molecule has 1 amide bonds. The number of hydrogen-bond acceptors (Lipinski definition) is 3. The maximum Gasteiger partial charge on any atom is 0.309 e. The molecule has 0 aromatic rings. The summed E-state index contributed by atoms with van der Waals surface area (Å²) in [5.41, 5.74) is -0.522. The van der Waals surface area contributed by atoms with E-state index in [0.29, 0.717) is 36.8 Å². The Labute approximate surface area is 137 Å². The Morgan fingerprint density at radius 1 is 1.00 bits per heavy atom. The van der Waals surface area contributed by atoms with Gasteiger partial charge in [0.05, 0.1) is 18.1 Å². The molecule has 23 heavy (non-hydrogen) atoms. The highest BCUT2D eigenvalue weighted by molar-refractivity contribution is 5.85. The van der Waals surface area contributed by atoms with Crippen LogP contribution < -0.4 is 5.32 Å². The topological polar surface area (TPSA) is 75.6 Å². The van der Waals surface area contributed by atoms with Crippen molar-refractivity contribution in [1.29, 1.82) is 0 Å². The van der Waals surface area contributed by atoms with Crippen molar-refractivity contribution >= 4 is 11.9 Å². The number of amides is 1. The van der Waals surface area contributed by atoms with E-state index in [2.05, 4.69) is 12.2 Å². The quantitative estimate of drug-likeness (QED) is 0.837. The van der Waals surface area contributed by atoms with E-state index < -0.39 is 11.4 Å². The zero-order valence-electron chi connectivity index (χ0n) is 13.9. The van der Waals surface area contributed by atoms with Gasteiger partial charge < -0.3 is 15.2 Å². The summed E-state index contributed by atoms with van der Waals surface area (Å²) in [5.74, 6) is -0.481. The van der Waals surface area contributed by atoms with Gasteiger partial charge in [-0.25, -0.2) is 0 Å². The predicted molar refractivity (Wildman–Crippen MR) is 83.8 cm³/mol. The maximum atomic E-state index is 12.8. The van der Waals surface area contributed by atoms with E-state index in [1.807, 2.05) is 0 Å². The lowest BCUT2D eigenvalue weighted by Gasteiger charge is -2.52. The van der Waals surface area contributed by atoms with Gasteiger partial charge >= 0.3 is 5.97 Å². The highest BCUT2D eigenvalue weighted by Gasteiger charge is 2.57. The zero-order chi connectivity index (χ0) is 16.3. The Morgan fingerprint density at radius 3 is 2.04 bits per heavy atom. The molecule has 1 spiro atoms. The SMILES string of the molecule is CC1CC2(CO1)CC(NC(=O)C13CCC(C(=O)O)(CC1)CC3)C2. The van der Waals surface area contributed by atoms with Crippen molar-refractivity contribution in [1.82, 2.24) is 5.32 Å². The Kier molecular flexibility index (Phi) is 3.32. The second-order valence-electron chi connectivity index (χ2n) is 8.77. The molecule has 0 aromatic heterocycles. The van der Waals surface area contributed by atoms with Crippen molar-refractivity contribution < 1.29 is 19.4 Å². The molecular weight excluding hydrogens is 294 g/mol. The average molecular weight is 321 g/mol. The highest BCUT2D eigenvalue weighted by Crippen LogP contribution is 2.57. The van der Waals surface area contributed by atoms with E-state index in [0.717, 1.165) is 45.1 Å². The number of hydrogen-bond donors (Lipinski definition) is 2. The lowest BCUT2D eigenvalue weighted by molar-refractivity contribution is -0.164. The van der Waals surface area contributed by atoms with Crippen molar-refractivity contribution in [3.63, 3.8) is 0 Å². The molecule has 1 unspecified atom stereocenters. The number of aliphatic carboxylic acids is 1. The minimum atomic E-state index is -0.664. The molecule has 2 N–H and O–H groups in total. The second-order valence-corrected chi connectivity index (χ2v) is 8.77. The van der Waals surface area contributed by atoms with Crippen LogP contribution in [0.5, 0.6) is 0 Å². The first-order valence-corrected chi connectivity index (χ1v) is 9.03. The summed E-state index contributed by atoms with van der Waals surface area (Å²) >= 11 is 0. The van der Waals surface area contributed by atoms with E-state index in [9.17, 15) is 14.7 Å². The molecule has 1 heterocycles. The van der Waals surface area contributed by atoms with Crippen LogP contribution in [0.1, 0.15) is 64.7 Å². The van der Waals surface area contributed by atoms with E-state index in [1.165, 1.54) is 0 Å². The van der Waals surface area contributed by atoms with Crippen LogP contribution in [0.2, 0.25) is 0 Å². The number of fused-ring (bicyclic) bond motifs is 3. The fraction of sp³-hybridized carbons (Fsp3) is 0.889. The smallest absolute Gasteiger partial charge is 0.309 e. The molecule has 5 fully saturated rings. The molecule has 128 valence electrons. The summed E-state index contributed by atoms with van der Waals surface area (Å²) in [6.07, 6.45) is 7.75. The number of ether oxygens (including phenoxy) is 1. The minimum Gasteiger partial charge on any atom is -0.481 e. The maximum absolute atomic E-state index is 12.8. The fourth-order valence-corrected chi connectivity index (χ4v) is 5.60. The first-order chi connectivity index (χ1) is 10.9. The Balaban J connectivity index is 1.34. The number of rotatable bonds is 3. The van der Waals surface area contributed by atoms with Gasteiger partial charge in [0.1, 0.15) is 0 Å². The molecule has 0 radical (unpaired) electrons. The average Bonchev–Trinajstić information content (AvgIpc) is 2.90. The summed E-state index contributed by atoms with van der Waals surface area (Å²) in [7, 11) is 0. The molecule has 0 aromatic carbocycles. The highest BCUT2D eigenvalue weighted by atomic mass is 16.5. The molecule has 4 aliphatic carbocycles. The Hall–Kier alpha value is -1.10. The normalized spacial score (nSPS) is 48.2. The van der Waals surface area contributed by atoms with E-state index in [-0.39, 0.29) is 11.3 Å². The number of carboxylic acids is 1. The molecule has 5 rings (SSSR count). The zero-order valence-corrected chi connectivity index (χ0v) is 13.9. The first kappa shape index (κ1) is 15.4. The lowest BCUT2D eigenvalue weighted by Crippen LogP contribution is -2.58. The van der Waals surface area contributed by atoms with Crippen LogP contribution in [-0.4, -0.2) is 35.7 Å². The van der Waals surface area contributed by atoms with Gasteiger partial charge in [0.15, 0.2) is 0 Å². The third-order valence-electron chi connectivity index (χ3n) is 7.27. The molecule has 1 aliphatic heterocycles. The molecule has 5 nitrogen and oxygen atoms in total. The van der Waals surface area contributed by atoms with Crippen molar-refractivity contribution in [2.75, 3.05) is 6.61 Å². The summed E-state index contributed by atoms with van der Waals surface area (Å²) < 4.78 is 5.69. The molecule has 1 atom stereocenters. The Morgan fingerprint density at radius 2 is 1.57 bits per heavy atom. The van der Waals surface area contributed by atoms with Crippen LogP contribution >= 0.6 is 0 Å². The van der Waals surface area contributed by atoms with Gasteiger partial charge in [-0.05, 0) is 64.7 Å². The van der Waals surface area contributed by atoms with Gasteiger partial charge in [0.25, 0.3) is 0 Å². The molecule has 5 aliphatic rings. The molecule has 4 saturated carbocycles. The number of carboxylic acid groups (broad SMARTS) is 1. The van der Waals surface area contributed by atoms with Gasteiger partial charge in [-0.2, -0.15) is 0 Å². The van der Waals surface area contributed by atoms with Crippen molar-refractivity contribution in [3.05, 3.63) is 0 Å². The third kappa shape index (κ3) is 2.31. The van der Waals surface area contributed by atoms with E-state index in [4.69, 9.17) is 4.74 Å². The van der Waals surface area contributed by atoms with Crippen LogP contribution in [0.15, 0.2) is 0 Å². The van der Waals surface area contributed by atoms with Crippen LogP contribution in [0, 0.1) is 16.2 Å².